The van der Waals surface area contributed by atoms with E-state index in [-0.39, 0.29) is 0 Å². The van der Waals surface area contributed by atoms with Crippen LogP contribution in [0.15, 0.2) is 53.6 Å². The monoisotopic (exact) mass is 344 g/mol. The van der Waals surface area contributed by atoms with E-state index in [1.54, 1.807) is 11.9 Å². The van der Waals surface area contributed by atoms with Crippen LogP contribution < -0.4 is 5.48 Å². The quantitative estimate of drug-likeness (QED) is 0.481. The van der Waals surface area contributed by atoms with Crippen LogP contribution in [-0.2, 0) is 6.42 Å². The van der Waals surface area contributed by atoms with Gasteiger partial charge >= 0.3 is 0 Å². The van der Waals surface area contributed by atoms with Crippen molar-refractivity contribution in [1.82, 2.24) is 9.79 Å². The highest BCUT2D eigenvalue weighted by molar-refractivity contribution is 7.97. The lowest BCUT2D eigenvalue weighted by Crippen LogP contribution is -2.25. The van der Waals surface area contributed by atoms with Gasteiger partial charge in [-0.1, -0.05) is 51.6 Å². The summed E-state index contributed by atoms with van der Waals surface area (Å²) in [6.07, 6.45) is 2.17. The van der Waals surface area contributed by atoms with Crippen LogP contribution >= 0.6 is 11.9 Å². The lowest BCUT2D eigenvalue weighted by molar-refractivity contribution is 0.193. The van der Waals surface area contributed by atoms with E-state index in [4.69, 9.17) is 5.21 Å². The Morgan fingerprint density at radius 2 is 1.92 bits per heavy atom. The van der Waals surface area contributed by atoms with E-state index in [0.717, 1.165) is 19.4 Å². The zero-order chi connectivity index (χ0) is 17.5. The van der Waals surface area contributed by atoms with Gasteiger partial charge in [0.25, 0.3) is 0 Å². The molecule has 3 nitrogen and oxygen atoms in total. The van der Waals surface area contributed by atoms with Gasteiger partial charge in [-0.3, -0.25) is 10.7 Å². The molecule has 0 fully saturated rings. The molecule has 0 bridgehead atoms. The van der Waals surface area contributed by atoms with Crippen LogP contribution in [0.25, 0.3) is 10.8 Å². The molecule has 2 aromatic carbocycles. The Morgan fingerprint density at radius 1 is 1.21 bits per heavy atom. The summed E-state index contributed by atoms with van der Waals surface area (Å²) in [5, 5.41) is 11.6. The van der Waals surface area contributed by atoms with Crippen molar-refractivity contribution in [2.75, 3.05) is 13.1 Å². The summed E-state index contributed by atoms with van der Waals surface area (Å²) in [6, 6.07) is 13.3. The third-order valence-electron chi connectivity index (χ3n) is 4.00. The van der Waals surface area contributed by atoms with Crippen molar-refractivity contribution in [2.24, 2.45) is 5.92 Å². The van der Waals surface area contributed by atoms with E-state index in [1.165, 1.54) is 21.2 Å². The number of aryl methyl sites for hydroxylation is 1. The molecule has 0 aliphatic carbocycles. The minimum absolute atomic E-state index is 0.611. The Hall–Kier alpha value is -1.49. The van der Waals surface area contributed by atoms with Crippen LogP contribution in [-0.4, -0.2) is 22.6 Å². The number of hydrogen-bond donors (Lipinski definition) is 2. The molecule has 0 saturated heterocycles. The Morgan fingerprint density at radius 3 is 2.58 bits per heavy atom. The second-order valence-corrected chi connectivity index (χ2v) is 7.72. The molecule has 4 heteroatoms. The predicted octanol–water partition coefficient (Wildman–Crippen LogP) is 5.25. The Balaban J connectivity index is 2.14. The minimum Gasteiger partial charge on any atom is -0.291 e. The zero-order valence-electron chi connectivity index (χ0n) is 14.9. The summed E-state index contributed by atoms with van der Waals surface area (Å²) in [5.41, 5.74) is 4.14. The summed E-state index contributed by atoms with van der Waals surface area (Å²) in [4.78, 5) is 1.21. The molecule has 0 radical (unpaired) electrons. The summed E-state index contributed by atoms with van der Waals surface area (Å²) < 4.78 is 2.24. The molecule has 0 aliphatic rings. The number of nitrogens with zero attached hydrogens (tertiary/aromatic N) is 1. The van der Waals surface area contributed by atoms with Crippen molar-refractivity contribution in [3.05, 3.63) is 54.2 Å². The summed E-state index contributed by atoms with van der Waals surface area (Å²) >= 11 is 1.72. The predicted molar refractivity (Wildman–Crippen MR) is 104 cm³/mol. The van der Waals surface area contributed by atoms with Crippen molar-refractivity contribution in [3.63, 3.8) is 0 Å². The van der Waals surface area contributed by atoms with Gasteiger partial charge in [0.15, 0.2) is 0 Å². The SMILES string of the molecule is C=C(CN(CCC(C)C)Sc1ccc2cc(CC)ccc2c1)NO. The van der Waals surface area contributed by atoms with Gasteiger partial charge in [0.05, 0.1) is 6.54 Å². The molecule has 0 unspecified atom stereocenters. The highest BCUT2D eigenvalue weighted by Gasteiger charge is 2.10. The van der Waals surface area contributed by atoms with E-state index >= 15 is 0 Å². The van der Waals surface area contributed by atoms with Crippen molar-refractivity contribution in [1.29, 1.82) is 0 Å². The van der Waals surface area contributed by atoms with Crippen LogP contribution in [0.2, 0.25) is 0 Å². The van der Waals surface area contributed by atoms with Crippen molar-refractivity contribution < 1.29 is 5.21 Å². The second kappa shape index (κ2) is 9.11. The highest BCUT2D eigenvalue weighted by atomic mass is 32.2. The topological polar surface area (TPSA) is 35.5 Å². The van der Waals surface area contributed by atoms with E-state index in [9.17, 15) is 0 Å². The van der Waals surface area contributed by atoms with Gasteiger partial charge in [-0.25, -0.2) is 4.31 Å². The van der Waals surface area contributed by atoms with Gasteiger partial charge in [0.1, 0.15) is 0 Å². The Kier molecular flexibility index (Phi) is 7.16. The van der Waals surface area contributed by atoms with Crippen LogP contribution in [0.3, 0.4) is 0 Å². The number of fused-ring (bicyclic) bond motifs is 1. The number of hydroxylamine groups is 1. The van der Waals surface area contributed by atoms with E-state index in [1.807, 2.05) is 0 Å². The first-order valence-corrected chi connectivity index (χ1v) is 9.32. The van der Waals surface area contributed by atoms with Crippen LogP contribution in [0.4, 0.5) is 0 Å². The Bertz CT molecular complexity index is 684. The average Bonchev–Trinajstić information content (AvgIpc) is 2.58. The third-order valence-corrected chi connectivity index (χ3v) is 5.03. The molecule has 2 aromatic rings. The van der Waals surface area contributed by atoms with Crippen molar-refractivity contribution >= 4 is 22.7 Å². The molecule has 130 valence electrons. The molecule has 0 amide bonds. The first-order valence-electron chi connectivity index (χ1n) is 8.55. The van der Waals surface area contributed by atoms with E-state index in [2.05, 4.69) is 73.5 Å². The van der Waals surface area contributed by atoms with Gasteiger partial charge < -0.3 is 0 Å². The van der Waals surface area contributed by atoms with Gasteiger partial charge in [0, 0.05) is 17.1 Å². The third kappa shape index (κ3) is 5.55. The lowest BCUT2D eigenvalue weighted by Gasteiger charge is -2.22. The number of hydrogen-bond acceptors (Lipinski definition) is 4. The largest absolute Gasteiger partial charge is 0.291 e. The molecule has 0 aliphatic heterocycles. The average molecular weight is 345 g/mol. The molecular weight excluding hydrogens is 316 g/mol. The van der Waals surface area contributed by atoms with Crippen LogP contribution in [0, 0.1) is 5.92 Å². The minimum atomic E-state index is 0.611. The standard InChI is InChI=1S/C20H28N2OS/c1-5-17-6-7-19-13-20(9-8-18(19)12-17)24-22(11-10-15(2)3)14-16(4)21-23/h6-9,12-13,15,21,23H,4-5,10-11,14H2,1-3H3. The summed E-state index contributed by atoms with van der Waals surface area (Å²) in [6.45, 7) is 12.0. The summed E-state index contributed by atoms with van der Waals surface area (Å²) in [5.74, 6) is 0.646. The van der Waals surface area contributed by atoms with Gasteiger partial charge in [-0.2, -0.15) is 0 Å². The van der Waals surface area contributed by atoms with Crippen LogP contribution in [0.5, 0.6) is 0 Å². The smallest absolute Gasteiger partial charge is 0.0509 e. The second-order valence-electron chi connectivity index (χ2n) is 6.55. The molecule has 2 N–H and O–H groups in total. The van der Waals surface area contributed by atoms with Gasteiger partial charge in [-0.05, 0) is 59.2 Å². The van der Waals surface area contributed by atoms with E-state index in [0.29, 0.717) is 18.2 Å². The number of benzene rings is 2. The summed E-state index contributed by atoms with van der Waals surface area (Å²) in [7, 11) is 0. The normalized spacial score (nSPS) is 11.4. The number of rotatable bonds is 9. The highest BCUT2D eigenvalue weighted by Crippen LogP contribution is 2.28. The maximum atomic E-state index is 9.03. The maximum absolute atomic E-state index is 9.03. The van der Waals surface area contributed by atoms with E-state index < -0.39 is 0 Å². The van der Waals surface area contributed by atoms with Gasteiger partial charge in [0.2, 0.25) is 0 Å². The first-order chi connectivity index (χ1) is 11.5. The van der Waals surface area contributed by atoms with Crippen molar-refractivity contribution in [3.8, 4) is 0 Å². The molecule has 0 spiro atoms. The molecule has 0 saturated carbocycles. The van der Waals surface area contributed by atoms with Gasteiger partial charge in [-0.15, -0.1) is 0 Å². The fourth-order valence-corrected chi connectivity index (χ4v) is 3.53. The Labute approximate surface area is 149 Å². The zero-order valence-corrected chi connectivity index (χ0v) is 15.7. The molecule has 0 heterocycles. The van der Waals surface area contributed by atoms with Crippen LogP contribution in [0.1, 0.15) is 32.8 Å². The van der Waals surface area contributed by atoms with Crippen molar-refractivity contribution in [2.45, 2.75) is 38.5 Å². The first kappa shape index (κ1) is 18.8. The lowest BCUT2D eigenvalue weighted by atomic mass is 10.1. The molecule has 0 atom stereocenters. The molecule has 24 heavy (non-hydrogen) atoms. The fraction of sp³-hybridized carbons (Fsp3) is 0.400. The maximum Gasteiger partial charge on any atom is 0.0509 e. The fourth-order valence-electron chi connectivity index (χ4n) is 2.51. The molecule has 2 rings (SSSR count). The molecule has 0 aromatic heterocycles. The molecular formula is C20H28N2OS. The number of nitrogens with one attached hydrogen (secondary N) is 1.